The van der Waals surface area contributed by atoms with Crippen molar-refractivity contribution < 1.29 is 22.7 Å². The maximum absolute atomic E-state index is 13.1. The second kappa shape index (κ2) is 10.5. The van der Waals surface area contributed by atoms with E-state index in [4.69, 9.17) is 4.43 Å². The maximum Gasteiger partial charge on any atom is 0.416 e. The molecule has 0 aliphatic carbocycles. The molecule has 2 nitrogen and oxygen atoms in total. The highest BCUT2D eigenvalue weighted by Crippen LogP contribution is 2.37. The number of rotatable bonds is 8. The van der Waals surface area contributed by atoms with Gasteiger partial charge in [-0.1, -0.05) is 106 Å². The summed E-state index contributed by atoms with van der Waals surface area (Å²) in [4.78, 5) is 0. The lowest BCUT2D eigenvalue weighted by atomic mass is 9.93. The molecule has 0 heterocycles. The van der Waals surface area contributed by atoms with Crippen LogP contribution in [0.3, 0.4) is 0 Å². The molecule has 0 saturated heterocycles. The highest BCUT2D eigenvalue weighted by atomic mass is 28.4. The molecule has 3 aromatic carbocycles. The van der Waals surface area contributed by atoms with Crippen LogP contribution in [0.2, 0.25) is 5.04 Å². The van der Waals surface area contributed by atoms with Gasteiger partial charge in [0, 0.05) is 6.61 Å². The molecule has 3 rings (SSSR count). The third kappa shape index (κ3) is 6.12. The fraction of sp³-hybridized carbons (Fsp3) is 0.310. The van der Waals surface area contributed by atoms with Crippen molar-refractivity contribution in [2.24, 2.45) is 0 Å². The number of alkyl halides is 3. The van der Waals surface area contributed by atoms with Gasteiger partial charge in [0.1, 0.15) is 5.60 Å². The topological polar surface area (TPSA) is 29.5 Å². The molecule has 35 heavy (non-hydrogen) atoms. The molecular formula is C29H33F3O2Si. The summed E-state index contributed by atoms with van der Waals surface area (Å²) in [6.45, 7) is 8.51. The Balaban J connectivity index is 1.82. The lowest BCUT2D eigenvalue weighted by molar-refractivity contribution is -0.137. The van der Waals surface area contributed by atoms with Gasteiger partial charge in [0.05, 0.1) is 5.56 Å². The zero-order valence-electron chi connectivity index (χ0n) is 20.6. The van der Waals surface area contributed by atoms with Gasteiger partial charge in [-0.3, -0.25) is 0 Å². The first-order valence-corrected chi connectivity index (χ1v) is 13.6. The first-order chi connectivity index (χ1) is 16.4. The molecule has 0 fully saturated rings. The molecule has 0 spiro atoms. The molecule has 0 aliphatic heterocycles. The van der Waals surface area contributed by atoms with Gasteiger partial charge >= 0.3 is 6.18 Å². The summed E-state index contributed by atoms with van der Waals surface area (Å²) in [5, 5.41) is 13.0. The van der Waals surface area contributed by atoms with Crippen LogP contribution >= 0.6 is 0 Å². The summed E-state index contributed by atoms with van der Waals surface area (Å²) in [5.41, 5.74) is -2.12. The van der Waals surface area contributed by atoms with Gasteiger partial charge in [-0.15, -0.1) is 0 Å². The second-order valence-corrected chi connectivity index (χ2v) is 14.2. The van der Waals surface area contributed by atoms with Crippen molar-refractivity contribution in [1.82, 2.24) is 0 Å². The molecule has 0 radical (unpaired) electrons. The summed E-state index contributed by atoms with van der Waals surface area (Å²) in [7, 11) is -2.66. The lowest BCUT2D eigenvalue weighted by Crippen LogP contribution is -2.66. The van der Waals surface area contributed by atoms with E-state index in [9.17, 15) is 18.3 Å². The van der Waals surface area contributed by atoms with Crippen molar-refractivity contribution >= 4 is 18.7 Å². The van der Waals surface area contributed by atoms with Crippen molar-refractivity contribution in [2.75, 3.05) is 6.61 Å². The van der Waals surface area contributed by atoms with E-state index in [1.807, 2.05) is 36.4 Å². The van der Waals surface area contributed by atoms with Crippen LogP contribution < -0.4 is 10.4 Å². The minimum Gasteiger partial charge on any atom is -0.407 e. The van der Waals surface area contributed by atoms with Crippen LogP contribution in [-0.4, -0.2) is 20.0 Å². The van der Waals surface area contributed by atoms with Gasteiger partial charge in [-0.25, -0.2) is 0 Å². The van der Waals surface area contributed by atoms with Gasteiger partial charge in [0.25, 0.3) is 8.32 Å². The van der Waals surface area contributed by atoms with Gasteiger partial charge in [-0.05, 0) is 46.5 Å². The largest absolute Gasteiger partial charge is 0.416 e. The van der Waals surface area contributed by atoms with E-state index in [1.165, 1.54) is 35.5 Å². The number of benzene rings is 3. The fourth-order valence-corrected chi connectivity index (χ4v) is 9.04. The molecule has 0 amide bonds. The van der Waals surface area contributed by atoms with E-state index < -0.39 is 25.7 Å². The molecule has 0 aromatic heterocycles. The smallest absolute Gasteiger partial charge is 0.407 e. The third-order valence-electron chi connectivity index (χ3n) is 6.24. The summed E-state index contributed by atoms with van der Waals surface area (Å²) in [6.07, 6.45) is -0.631. The average Bonchev–Trinajstić information content (AvgIpc) is 2.81. The summed E-state index contributed by atoms with van der Waals surface area (Å²) in [5.74, 6) is 0. The van der Waals surface area contributed by atoms with E-state index in [2.05, 4.69) is 45.0 Å². The monoisotopic (exact) mass is 498 g/mol. The molecule has 0 bridgehead atoms. The van der Waals surface area contributed by atoms with Crippen molar-refractivity contribution in [3.63, 3.8) is 0 Å². The Bertz CT molecular complexity index is 1080. The summed E-state index contributed by atoms with van der Waals surface area (Å²) >= 11 is 0. The minimum absolute atomic E-state index is 0.150. The number of halogens is 3. The predicted molar refractivity (Wildman–Crippen MR) is 138 cm³/mol. The second-order valence-electron chi connectivity index (χ2n) is 9.93. The number of hydrogen-bond acceptors (Lipinski definition) is 2. The lowest BCUT2D eigenvalue weighted by Gasteiger charge is -2.43. The molecule has 1 N–H and O–H groups in total. The van der Waals surface area contributed by atoms with E-state index in [-0.39, 0.29) is 10.6 Å². The standard InChI is InChI=1S/C29H33F3O2Si/c1-27(2,3)35(25-16-7-5-8-17-25,26-18-9-6-10-19-26)34-21-12-11-20-28(4,33)23-14-13-15-24(22-23)29(30,31)32/h5-11,13-20,22,33H,12,21H2,1-4H3/b20-11+. The van der Waals surface area contributed by atoms with E-state index in [0.29, 0.717) is 13.0 Å². The highest BCUT2D eigenvalue weighted by Gasteiger charge is 2.49. The van der Waals surface area contributed by atoms with Gasteiger partial charge in [-0.2, -0.15) is 13.2 Å². The van der Waals surface area contributed by atoms with Gasteiger partial charge < -0.3 is 9.53 Å². The number of aliphatic hydroxyl groups is 1. The normalized spacial score (nSPS) is 14.7. The van der Waals surface area contributed by atoms with E-state index >= 15 is 0 Å². The van der Waals surface area contributed by atoms with Crippen molar-refractivity contribution in [3.8, 4) is 0 Å². The first-order valence-electron chi connectivity index (χ1n) is 11.7. The molecule has 186 valence electrons. The van der Waals surface area contributed by atoms with Crippen molar-refractivity contribution in [2.45, 2.75) is 50.9 Å². The van der Waals surface area contributed by atoms with Gasteiger partial charge in [0.15, 0.2) is 0 Å². The SMILES string of the molecule is CC(O)(/C=C/CCO[Si](c1ccccc1)(c1ccccc1)C(C)(C)C)c1cccc(C(F)(F)F)c1. The minimum atomic E-state index is -4.46. The highest BCUT2D eigenvalue weighted by molar-refractivity contribution is 6.99. The van der Waals surface area contributed by atoms with Crippen LogP contribution in [0.15, 0.2) is 97.1 Å². The molecule has 1 unspecified atom stereocenters. The van der Waals surface area contributed by atoms with Crippen LogP contribution in [0, 0.1) is 0 Å². The van der Waals surface area contributed by atoms with E-state index in [1.54, 1.807) is 6.08 Å². The maximum atomic E-state index is 13.1. The summed E-state index contributed by atoms with van der Waals surface area (Å²) < 4.78 is 46.1. The molecule has 3 aromatic rings. The Hall–Kier alpha value is -2.67. The molecule has 1 atom stereocenters. The Labute approximate surface area is 207 Å². The molecular weight excluding hydrogens is 465 g/mol. The van der Waals surface area contributed by atoms with Crippen LogP contribution in [-0.2, 0) is 16.2 Å². The zero-order valence-corrected chi connectivity index (χ0v) is 21.6. The Kier molecular flexibility index (Phi) is 8.09. The zero-order chi connectivity index (χ0) is 25.7. The van der Waals surface area contributed by atoms with E-state index in [0.717, 1.165) is 12.1 Å². The molecule has 0 saturated carbocycles. The van der Waals surface area contributed by atoms with Crippen LogP contribution in [0.25, 0.3) is 0 Å². The Morgan fingerprint density at radius 2 is 1.29 bits per heavy atom. The van der Waals surface area contributed by atoms with Crippen LogP contribution in [0.1, 0.15) is 45.2 Å². The fourth-order valence-electron chi connectivity index (χ4n) is 4.46. The molecule has 6 heteroatoms. The van der Waals surface area contributed by atoms with Crippen LogP contribution in [0.5, 0.6) is 0 Å². The Morgan fingerprint density at radius 1 is 0.771 bits per heavy atom. The van der Waals surface area contributed by atoms with Gasteiger partial charge in [0.2, 0.25) is 0 Å². The first kappa shape index (κ1) is 26.9. The average molecular weight is 499 g/mol. The third-order valence-corrected chi connectivity index (χ3v) is 11.3. The number of hydrogen-bond donors (Lipinski definition) is 1. The Morgan fingerprint density at radius 3 is 1.77 bits per heavy atom. The van der Waals surface area contributed by atoms with Crippen molar-refractivity contribution in [3.05, 3.63) is 108 Å². The molecule has 0 aliphatic rings. The quantitative estimate of drug-likeness (QED) is 0.220. The van der Waals surface area contributed by atoms with Crippen LogP contribution in [0.4, 0.5) is 13.2 Å². The van der Waals surface area contributed by atoms with Crippen molar-refractivity contribution in [1.29, 1.82) is 0 Å². The predicted octanol–water partition coefficient (Wildman–Crippen LogP) is 6.44. The summed E-state index contributed by atoms with van der Waals surface area (Å²) in [6, 6.07) is 25.4.